The molecule has 19 heavy (non-hydrogen) atoms. The number of benzene rings is 1. The van der Waals surface area contributed by atoms with Crippen LogP contribution in [-0.4, -0.2) is 19.1 Å². The molecular formula is C17H26N2. The van der Waals surface area contributed by atoms with Gasteiger partial charge in [0.25, 0.3) is 0 Å². The molecule has 0 amide bonds. The Morgan fingerprint density at radius 1 is 1.32 bits per heavy atom. The van der Waals surface area contributed by atoms with E-state index in [-0.39, 0.29) is 0 Å². The van der Waals surface area contributed by atoms with E-state index in [1.54, 1.807) is 0 Å². The van der Waals surface area contributed by atoms with Crippen LogP contribution in [0, 0.1) is 5.41 Å². The van der Waals surface area contributed by atoms with Crippen molar-refractivity contribution in [1.29, 1.82) is 0 Å². The molecule has 1 unspecified atom stereocenters. The summed E-state index contributed by atoms with van der Waals surface area (Å²) in [4.78, 5) is 2.57. The Bertz CT molecular complexity index is 464. The van der Waals surface area contributed by atoms with Gasteiger partial charge in [0, 0.05) is 30.5 Å². The normalized spacial score (nSPS) is 25.6. The predicted molar refractivity (Wildman–Crippen MR) is 83.1 cm³/mol. The van der Waals surface area contributed by atoms with Gasteiger partial charge in [-0.1, -0.05) is 13.8 Å². The number of anilines is 2. The SMILES string of the molecule is CC1CCc2cc(N3CCCC(C)(C)C3)ccc2N1. The maximum Gasteiger partial charge on any atom is 0.0376 e. The Hall–Kier alpha value is -1.18. The highest BCUT2D eigenvalue weighted by Crippen LogP contribution is 2.34. The minimum Gasteiger partial charge on any atom is -0.382 e. The Morgan fingerprint density at radius 2 is 2.16 bits per heavy atom. The van der Waals surface area contributed by atoms with Crippen LogP contribution in [0.2, 0.25) is 0 Å². The first-order chi connectivity index (χ1) is 9.03. The zero-order valence-corrected chi connectivity index (χ0v) is 12.5. The highest BCUT2D eigenvalue weighted by Gasteiger charge is 2.27. The van der Waals surface area contributed by atoms with E-state index in [9.17, 15) is 0 Å². The first kappa shape index (κ1) is 12.8. The second-order valence-corrected chi connectivity index (χ2v) is 7.11. The van der Waals surface area contributed by atoms with Crippen molar-refractivity contribution in [2.75, 3.05) is 23.3 Å². The van der Waals surface area contributed by atoms with Gasteiger partial charge in [-0.2, -0.15) is 0 Å². The van der Waals surface area contributed by atoms with E-state index in [2.05, 4.69) is 49.2 Å². The maximum absolute atomic E-state index is 3.59. The maximum atomic E-state index is 3.59. The van der Waals surface area contributed by atoms with Gasteiger partial charge in [0.15, 0.2) is 0 Å². The van der Waals surface area contributed by atoms with E-state index >= 15 is 0 Å². The second-order valence-electron chi connectivity index (χ2n) is 7.11. The summed E-state index contributed by atoms with van der Waals surface area (Å²) in [6.45, 7) is 9.45. The molecule has 0 saturated carbocycles. The fourth-order valence-electron chi connectivity index (χ4n) is 3.48. The summed E-state index contributed by atoms with van der Waals surface area (Å²) >= 11 is 0. The predicted octanol–water partition coefficient (Wildman–Crippen LogP) is 4.06. The molecule has 2 heteroatoms. The van der Waals surface area contributed by atoms with Crippen LogP contribution in [0.1, 0.15) is 45.6 Å². The Balaban J connectivity index is 1.82. The smallest absolute Gasteiger partial charge is 0.0376 e. The van der Waals surface area contributed by atoms with Gasteiger partial charge in [0.2, 0.25) is 0 Å². The third-order valence-corrected chi connectivity index (χ3v) is 4.60. The lowest BCUT2D eigenvalue weighted by Crippen LogP contribution is -2.40. The molecule has 1 aromatic carbocycles. The van der Waals surface area contributed by atoms with Crippen LogP contribution >= 0.6 is 0 Å². The number of piperidine rings is 1. The topological polar surface area (TPSA) is 15.3 Å². The Labute approximate surface area is 117 Å². The van der Waals surface area contributed by atoms with Crippen molar-refractivity contribution in [2.45, 2.75) is 52.5 Å². The van der Waals surface area contributed by atoms with Gasteiger partial charge in [0.1, 0.15) is 0 Å². The van der Waals surface area contributed by atoms with Crippen molar-refractivity contribution in [2.24, 2.45) is 5.41 Å². The molecule has 2 nitrogen and oxygen atoms in total. The van der Waals surface area contributed by atoms with Crippen molar-refractivity contribution in [1.82, 2.24) is 0 Å². The van der Waals surface area contributed by atoms with Crippen molar-refractivity contribution in [3.05, 3.63) is 23.8 Å². The summed E-state index contributed by atoms with van der Waals surface area (Å²) < 4.78 is 0. The van der Waals surface area contributed by atoms with Crippen LogP contribution in [-0.2, 0) is 6.42 Å². The van der Waals surface area contributed by atoms with Crippen molar-refractivity contribution >= 4 is 11.4 Å². The molecule has 1 saturated heterocycles. The summed E-state index contributed by atoms with van der Waals surface area (Å²) in [7, 11) is 0. The minimum absolute atomic E-state index is 0.459. The number of rotatable bonds is 1. The molecule has 1 aromatic rings. The molecule has 1 atom stereocenters. The van der Waals surface area contributed by atoms with Crippen molar-refractivity contribution < 1.29 is 0 Å². The summed E-state index contributed by atoms with van der Waals surface area (Å²) in [6.07, 6.45) is 5.14. The van der Waals surface area contributed by atoms with Gasteiger partial charge in [-0.05, 0) is 61.8 Å². The van der Waals surface area contributed by atoms with Crippen molar-refractivity contribution in [3.8, 4) is 0 Å². The van der Waals surface area contributed by atoms with E-state index < -0.39 is 0 Å². The van der Waals surface area contributed by atoms with Gasteiger partial charge >= 0.3 is 0 Å². The molecule has 0 bridgehead atoms. The molecule has 1 fully saturated rings. The molecule has 0 aliphatic carbocycles. The quantitative estimate of drug-likeness (QED) is 0.817. The third kappa shape index (κ3) is 2.72. The van der Waals surface area contributed by atoms with E-state index in [0.29, 0.717) is 11.5 Å². The molecule has 0 spiro atoms. The number of hydrogen-bond donors (Lipinski definition) is 1. The summed E-state index contributed by atoms with van der Waals surface area (Å²) in [5.74, 6) is 0. The van der Waals surface area contributed by atoms with E-state index in [1.807, 2.05) is 0 Å². The number of hydrogen-bond acceptors (Lipinski definition) is 2. The number of fused-ring (bicyclic) bond motifs is 1. The molecule has 2 aliphatic rings. The van der Waals surface area contributed by atoms with Crippen LogP contribution in [0.3, 0.4) is 0 Å². The average molecular weight is 258 g/mol. The fraction of sp³-hybridized carbons (Fsp3) is 0.647. The fourth-order valence-corrected chi connectivity index (χ4v) is 3.48. The Morgan fingerprint density at radius 3 is 2.95 bits per heavy atom. The standard InChI is InChI=1S/C17H26N2/c1-13-5-6-14-11-15(7-8-16(14)18-13)19-10-4-9-17(2,3)12-19/h7-8,11,13,18H,4-6,9-10,12H2,1-3H3. The highest BCUT2D eigenvalue weighted by atomic mass is 15.1. The minimum atomic E-state index is 0.459. The molecule has 3 rings (SSSR count). The Kier molecular flexibility index (Phi) is 3.20. The van der Waals surface area contributed by atoms with E-state index in [0.717, 1.165) is 0 Å². The largest absolute Gasteiger partial charge is 0.382 e. The zero-order valence-electron chi connectivity index (χ0n) is 12.5. The van der Waals surface area contributed by atoms with Gasteiger partial charge in [0.05, 0.1) is 0 Å². The van der Waals surface area contributed by atoms with Crippen LogP contribution < -0.4 is 10.2 Å². The summed E-state index contributed by atoms with van der Waals surface area (Å²) in [5, 5.41) is 3.59. The van der Waals surface area contributed by atoms with E-state index in [1.165, 1.54) is 55.7 Å². The van der Waals surface area contributed by atoms with Crippen LogP contribution in [0.25, 0.3) is 0 Å². The van der Waals surface area contributed by atoms with Gasteiger partial charge in [-0.3, -0.25) is 0 Å². The first-order valence-corrected chi connectivity index (χ1v) is 7.68. The molecule has 104 valence electrons. The molecule has 2 heterocycles. The molecule has 1 N–H and O–H groups in total. The van der Waals surface area contributed by atoms with Gasteiger partial charge in [-0.15, -0.1) is 0 Å². The van der Waals surface area contributed by atoms with Gasteiger partial charge in [-0.25, -0.2) is 0 Å². The number of nitrogens with zero attached hydrogens (tertiary/aromatic N) is 1. The van der Waals surface area contributed by atoms with E-state index in [4.69, 9.17) is 0 Å². The molecule has 0 aromatic heterocycles. The summed E-state index contributed by atoms with van der Waals surface area (Å²) in [5.41, 5.74) is 4.72. The summed E-state index contributed by atoms with van der Waals surface area (Å²) in [6, 6.07) is 7.61. The lowest BCUT2D eigenvalue weighted by atomic mass is 9.84. The van der Waals surface area contributed by atoms with Crippen LogP contribution in [0.15, 0.2) is 18.2 Å². The lowest BCUT2D eigenvalue weighted by molar-refractivity contribution is 0.293. The van der Waals surface area contributed by atoms with Crippen LogP contribution in [0.4, 0.5) is 11.4 Å². The third-order valence-electron chi connectivity index (χ3n) is 4.60. The zero-order chi connectivity index (χ0) is 13.5. The second kappa shape index (κ2) is 4.73. The first-order valence-electron chi connectivity index (χ1n) is 7.68. The average Bonchev–Trinajstić information content (AvgIpc) is 2.37. The van der Waals surface area contributed by atoms with Crippen LogP contribution in [0.5, 0.6) is 0 Å². The highest BCUT2D eigenvalue weighted by molar-refractivity contribution is 5.62. The van der Waals surface area contributed by atoms with Gasteiger partial charge < -0.3 is 10.2 Å². The molecular weight excluding hydrogens is 232 g/mol. The lowest BCUT2D eigenvalue weighted by Gasteiger charge is -2.40. The molecule has 0 radical (unpaired) electrons. The molecule has 2 aliphatic heterocycles. The number of aryl methyl sites for hydroxylation is 1. The number of nitrogens with one attached hydrogen (secondary N) is 1. The monoisotopic (exact) mass is 258 g/mol. The van der Waals surface area contributed by atoms with Crippen molar-refractivity contribution in [3.63, 3.8) is 0 Å².